The number of hydrogen-bond donors (Lipinski definition) is 1. The molecule has 1 aliphatic rings. The Kier molecular flexibility index (Phi) is 6.73. The van der Waals surface area contributed by atoms with Crippen LogP contribution < -0.4 is 5.73 Å². The van der Waals surface area contributed by atoms with Crippen LogP contribution in [0.1, 0.15) is 19.3 Å². The van der Waals surface area contributed by atoms with Crippen LogP contribution in [0.5, 0.6) is 0 Å². The fourth-order valence-electron chi connectivity index (χ4n) is 2.32. The first-order chi connectivity index (χ1) is 7.63. The largest absolute Gasteiger partial charge is 0.327 e. The van der Waals surface area contributed by atoms with Crippen molar-refractivity contribution >= 4 is 11.8 Å². The quantitative estimate of drug-likeness (QED) is 0.759. The summed E-state index contributed by atoms with van der Waals surface area (Å²) in [6, 6.07) is 1.09. The van der Waals surface area contributed by atoms with Gasteiger partial charge >= 0.3 is 0 Å². The monoisotopic (exact) mass is 245 g/mol. The number of piperidine rings is 1. The maximum Gasteiger partial charge on any atom is 0.0175 e. The lowest BCUT2D eigenvalue weighted by Crippen LogP contribution is -2.46. The minimum absolute atomic E-state index is 0.345. The number of rotatable bonds is 6. The Bertz CT molecular complexity index is 181. The van der Waals surface area contributed by atoms with E-state index in [1.54, 1.807) is 0 Å². The van der Waals surface area contributed by atoms with Gasteiger partial charge in [-0.3, -0.25) is 0 Å². The van der Waals surface area contributed by atoms with Gasteiger partial charge in [-0.05, 0) is 58.5 Å². The highest BCUT2D eigenvalue weighted by Gasteiger charge is 2.21. The average Bonchev–Trinajstić information content (AvgIpc) is 2.27. The third kappa shape index (κ3) is 5.04. The van der Waals surface area contributed by atoms with Crippen molar-refractivity contribution in [1.82, 2.24) is 9.80 Å². The zero-order valence-electron chi connectivity index (χ0n) is 11.0. The second-order valence-electron chi connectivity index (χ2n) is 5.02. The Labute approximate surface area is 105 Å². The van der Waals surface area contributed by atoms with Crippen LogP contribution >= 0.6 is 11.8 Å². The SMILES string of the molecule is CSCCC(N)CN(C)C1CCN(C)CC1. The van der Waals surface area contributed by atoms with Crippen LogP contribution in [0.4, 0.5) is 0 Å². The Morgan fingerprint density at radius 1 is 1.44 bits per heavy atom. The molecular formula is C12H27N3S. The predicted octanol–water partition coefficient (Wildman–Crippen LogP) is 1.09. The fraction of sp³-hybridized carbons (Fsp3) is 1.00. The maximum absolute atomic E-state index is 6.13. The number of hydrogen-bond acceptors (Lipinski definition) is 4. The molecule has 0 aromatic rings. The standard InChI is InChI=1S/C12H27N3S/c1-14-7-4-12(5-8-14)15(2)10-11(13)6-9-16-3/h11-12H,4-10,13H2,1-3H3. The lowest BCUT2D eigenvalue weighted by Gasteiger charge is -2.36. The van der Waals surface area contributed by atoms with Crippen molar-refractivity contribution < 1.29 is 0 Å². The molecule has 1 unspecified atom stereocenters. The highest BCUT2D eigenvalue weighted by molar-refractivity contribution is 7.98. The molecule has 0 spiro atoms. The second kappa shape index (κ2) is 7.54. The zero-order valence-corrected chi connectivity index (χ0v) is 11.8. The predicted molar refractivity (Wildman–Crippen MR) is 74.1 cm³/mol. The van der Waals surface area contributed by atoms with E-state index in [9.17, 15) is 0 Å². The van der Waals surface area contributed by atoms with E-state index in [1.165, 1.54) is 31.7 Å². The topological polar surface area (TPSA) is 32.5 Å². The van der Waals surface area contributed by atoms with Gasteiger partial charge < -0.3 is 15.5 Å². The molecule has 1 heterocycles. The van der Waals surface area contributed by atoms with Gasteiger partial charge in [-0.2, -0.15) is 11.8 Å². The molecule has 0 saturated carbocycles. The van der Waals surface area contributed by atoms with Gasteiger partial charge in [-0.25, -0.2) is 0 Å². The molecule has 0 aromatic heterocycles. The summed E-state index contributed by atoms with van der Waals surface area (Å²) in [5.41, 5.74) is 6.13. The van der Waals surface area contributed by atoms with Crippen molar-refractivity contribution in [2.75, 3.05) is 45.7 Å². The van der Waals surface area contributed by atoms with Gasteiger partial charge in [0.25, 0.3) is 0 Å². The summed E-state index contributed by atoms with van der Waals surface area (Å²) in [6.45, 7) is 3.51. The van der Waals surface area contributed by atoms with Gasteiger partial charge in [0, 0.05) is 18.6 Å². The molecule has 1 aliphatic heterocycles. The second-order valence-corrected chi connectivity index (χ2v) is 6.00. The van der Waals surface area contributed by atoms with Gasteiger partial charge in [0.15, 0.2) is 0 Å². The number of nitrogens with two attached hydrogens (primary N) is 1. The Morgan fingerprint density at radius 2 is 2.06 bits per heavy atom. The van der Waals surface area contributed by atoms with Gasteiger partial charge in [0.1, 0.15) is 0 Å². The molecule has 16 heavy (non-hydrogen) atoms. The van der Waals surface area contributed by atoms with Crippen molar-refractivity contribution in [3.05, 3.63) is 0 Å². The molecule has 0 aromatic carbocycles. The van der Waals surface area contributed by atoms with E-state index >= 15 is 0 Å². The van der Waals surface area contributed by atoms with Crippen LogP contribution in [-0.4, -0.2) is 67.6 Å². The van der Waals surface area contributed by atoms with E-state index in [1.807, 2.05) is 11.8 Å². The van der Waals surface area contributed by atoms with Crippen molar-refractivity contribution in [2.24, 2.45) is 5.73 Å². The van der Waals surface area contributed by atoms with Crippen LogP contribution in [0.2, 0.25) is 0 Å². The van der Waals surface area contributed by atoms with E-state index in [-0.39, 0.29) is 0 Å². The third-order valence-corrected chi connectivity index (χ3v) is 4.17. The molecule has 3 nitrogen and oxygen atoms in total. The van der Waals surface area contributed by atoms with E-state index < -0.39 is 0 Å². The van der Waals surface area contributed by atoms with Crippen molar-refractivity contribution in [2.45, 2.75) is 31.3 Å². The van der Waals surface area contributed by atoms with Crippen molar-refractivity contribution in [3.63, 3.8) is 0 Å². The molecule has 0 aliphatic carbocycles. The molecule has 4 heteroatoms. The van der Waals surface area contributed by atoms with Crippen molar-refractivity contribution in [3.8, 4) is 0 Å². The molecule has 1 fully saturated rings. The molecule has 0 radical (unpaired) electrons. The molecule has 0 bridgehead atoms. The number of likely N-dealkylation sites (tertiary alicyclic amines) is 1. The minimum atomic E-state index is 0.345. The van der Waals surface area contributed by atoms with Gasteiger partial charge in [-0.1, -0.05) is 0 Å². The van der Waals surface area contributed by atoms with E-state index in [2.05, 4.69) is 30.2 Å². The van der Waals surface area contributed by atoms with Crippen LogP contribution in [0, 0.1) is 0 Å². The summed E-state index contributed by atoms with van der Waals surface area (Å²) >= 11 is 1.89. The normalized spacial score (nSPS) is 21.6. The lowest BCUT2D eigenvalue weighted by molar-refractivity contribution is 0.138. The maximum atomic E-state index is 6.13. The summed E-state index contributed by atoms with van der Waals surface area (Å²) < 4.78 is 0. The first-order valence-electron chi connectivity index (χ1n) is 6.26. The molecule has 0 amide bonds. The van der Waals surface area contributed by atoms with Crippen LogP contribution in [0.3, 0.4) is 0 Å². The smallest absolute Gasteiger partial charge is 0.0175 e. The van der Waals surface area contributed by atoms with Crippen LogP contribution in [-0.2, 0) is 0 Å². The molecule has 96 valence electrons. The summed E-state index contributed by atoms with van der Waals surface area (Å²) in [5, 5.41) is 0. The Balaban J connectivity index is 2.20. The van der Waals surface area contributed by atoms with Gasteiger partial charge in [0.05, 0.1) is 0 Å². The first kappa shape index (κ1) is 14.3. The molecule has 1 atom stereocenters. The van der Waals surface area contributed by atoms with Crippen LogP contribution in [0.25, 0.3) is 0 Å². The first-order valence-corrected chi connectivity index (χ1v) is 7.66. The van der Waals surface area contributed by atoms with E-state index in [0.717, 1.165) is 19.0 Å². The van der Waals surface area contributed by atoms with Gasteiger partial charge in [-0.15, -0.1) is 0 Å². The highest BCUT2D eigenvalue weighted by Crippen LogP contribution is 2.14. The highest BCUT2D eigenvalue weighted by atomic mass is 32.2. The summed E-state index contributed by atoms with van der Waals surface area (Å²) in [7, 11) is 4.44. The fourth-order valence-corrected chi connectivity index (χ4v) is 2.85. The van der Waals surface area contributed by atoms with Crippen molar-refractivity contribution in [1.29, 1.82) is 0 Å². The Morgan fingerprint density at radius 3 is 2.62 bits per heavy atom. The minimum Gasteiger partial charge on any atom is -0.327 e. The number of nitrogens with zero attached hydrogens (tertiary/aromatic N) is 2. The van der Waals surface area contributed by atoms with E-state index in [0.29, 0.717) is 6.04 Å². The van der Waals surface area contributed by atoms with Gasteiger partial charge in [0.2, 0.25) is 0 Å². The molecule has 1 saturated heterocycles. The summed E-state index contributed by atoms with van der Waals surface area (Å²) in [4.78, 5) is 4.88. The summed E-state index contributed by atoms with van der Waals surface area (Å²) in [6.07, 6.45) is 5.87. The third-order valence-electron chi connectivity index (χ3n) is 3.53. The lowest BCUT2D eigenvalue weighted by atomic mass is 10.0. The summed E-state index contributed by atoms with van der Waals surface area (Å²) in [5.74, 6) is 1.18. The molecular weight excluding hydrogens is 218 g/mol. The zero-order chi connectivity index (χ0) is 12.0. The van der Waals surface area contributed by atoms with Crippen LogP contribution in [0.15, 0.2) is 0 Å². The molecule has 2 N–H and O–H groups in total. The number of likely N-dealkylation sites (N-methyl/N-ethyl adjacent to an activating group) is 1. The number of thioether (sulfide) groups is 1. The Hall–Kier alpha value is 0.230. The van der Waals surface area contributed by atoms with E-state index in [4.69, 9.17) is 5.73 Å². The molecule has 1 rings (SSSR count). The average molecular weight is 245 g/mol.